The first-order valence-electron chi connectivity index (χ1n) is 5.32. The largest absolute Gasteiger partial charge is 0.337 e. The molecule has 0 saturated heterocycles. The van der Waals surface area contributed by atoms with E-state index in [2.05, 4.69) is 0 Å². The second-order valence-corrected chi connectivity index (χ2v) is 3.94. The van der Waals surface area contributed by atoms with Crippen LogP contribution >= 0.6 is 0 Å². The molecule has 1 aromatic carbocycles. The Morgan fingerprint density at radius 1 is 1.47 bits per heavy atom. The van der Waals surface area contributed by atoms with Crippen LogP contribution < -0.4 is 5.73 Å². The Morgan fingerprint density at radius 3 is 3.00 bits per heavy atom. The van der Waals surface area contributed by atoms with Crippen molar-refractivity contribution in [3.63, 3.8) is 0 Å². The molecule has 3 heteroatoms. The van der Waals surface area contributed by atoms with Gasteiger partial charge in [0.1, 0.15) is 0 Å². The van der Waals surface area contributed by atoms with E-state index in [1.54, 1.807) is 0 Å². The molecule has 0 saturated carbocycles. The van der Waals surface area contributed by atoms with Gasteiger partial charge in [-0.05, 0) is 24.5 Å². The van der Waals surface area contributed by atoms with Crippen LogP contribution in [0.4, 0.5) is 0 Å². The van der Waals surface area contributed by atoms with Gasteiger partial charge in [0.25, 0.3) is 5.91 Å². The van der Waals surface area contributed by atoms with Gasteiger partial charge in [0.2, 0.25) is 0 Å². The standard InChI is InChI=1S/C12H16N2O/c1-9-3-2-4-10-5-7-14(8-6-13)12(15)11(9)10/h2-4H,5-8,13H2,1H3. The predicted molar refractivity (Wildman–Crippen MR) is 59.8 cm³/mol. The quantitative estimate of drug-likeness (QED) is 0.779. The summed E-state index contributed by atoms with van der Waals surface area (Å²) >= 11 is 0. The van der Waals surface area contributed by atoms with Crippen LogP contribution in [0.5, 0.6) is 0 Å². The van der Waals surface area contributed by atoms with Crippen LogP contribution in [0, 0.1) is 6.92 Å². The number of rotatable bonds is 2. The zero-order chi connectivity index (χ0) is 10.8. The highest BCUT2D eigenvalue weighted by Gasteiger charge is 2.24. The van der Waals surface area contributed by atoms with Crippen molar-refractivity contribution in [2.75, 3.05) is 19.6 Å². The van der Waals surface area contributed by atoms with Gasteiger partial charge in [-0.3, -0.25) is 4.79 Å². The molecule has 0 bridgehead atoms. The van der Waals surface area contributed by atoms with Crippen LogP contribution in [0.1, 0.15) is 21.5 Å². The van der Waals surface area contributed by atoms with Gasteiger partial charge in [-0.1, -0.05) is 18.2 Å². The van der Waals surface area contributed by atoms with E-state index >= 15 is 0 Å². The molecule has 15 heavy (non-hydrogen) atoms. The maximum atomic E-state index is 12.1. The fraction of sp³-hybridized carbons (Fsp3) is 0.417. The van der Waals surface area contributed by atoms with Gasteiger partial charge in [0.15, 0.2) is 0 Å². The number of fused-ring (bicyclic) bond motifs is 1. The molecule has 1 heterocycles. The number of nitrogens with zero attached hydrogens (tertiary/aromatic N) is 1. The SMILES string of the molecule is Cc1cccc2c1C(=O)N(CCN)CC2. The number of aryl methyl sites for hydroxylation is 1. The highest BCUT2D eigenvalue weighted by Crippen LogP contribution is 2.21. The third-order valence-corrected chi connectivity index (χ3v) is 2.91. The van der Waals surface area contributed by atoms with Gasteiger partial charge >= 0.3 is 0 Å². The van der Waals surface area contributed by atoms with Crippen LogP contribution in [0.3, 0.4) is 0 Å². The van der Waals surface area contributed by atoms with Crippen molar-refractivity contribution in [1.82, 2.24) is 4.90 Å². The lowest BCUT2D eigenvalue weighted by Crippen LogP contribution is -2.40. The summed E-state index contributed by atoms with van der Waals surface area (Å²) in [5.41, 5.74) is 8.62. The van der Waals surface area contributed by atoms with E-state index in [0.29, 0.717) is 13.1 Å². The maximum absolute atomic E-state index is 12.1. The lowest BCUT2D eigenvalue weighted by molar-refractivity contribution is 0.0744. The summed E-state index contributed by atoms with van der Waals surface area (Å²) in [6.45, 7) is 3.98. The molecule has 0 fully saturated rings. The maximum Gasteiger partial charge on any atom is 0.254 e. The molecule has 0 aliphatic carbocycles. The first-order chi connectivity index (χ1) is 7.24. The Kier molecular flexibility index (Phi) is 2.73. The molecule has 0 atom stereocenters. The van der Waals surface area contributed by atoms with Crippen molar-refractivity contribution >= 4 is 5.91 Å². The summed E-state index contributed by atoms with van der Waals surface area (Å²) < 4.78 is 0. The summed E-state index contributed by atoms with van der Waals surface area (Å²) in [4.78, 5) is 13.9. The van der Waals surface area contributed by atoms with Gasteiger partial charge in [0, 0.05) is 25.2 Å². The Balaban J connectivity index is 2.36. The van der Waals surface area contributed by atoms with Crippen LogP contribution in [0.15, 0.2) is 18.2 Å². The van der Waals surface area contributed by atoms with Crippen LogP contribution in [-0.4, -0.2) is 30.4 Å². The summed E-state index contributed by atoms with van der Waals surface area (Å²) in [5.74, 6) is 0.139. The van der Waals surface area contributed by atoms with E-state index in [1.165, 1.54) is 5.56 Å². The van der Waals surface area contributed by atoms with Gasteiger partial charge in [-0.2, -0.15) is 0 Å². The molecule has 0 spiro atoms. The minimum Gasteiger partial charge on any atom is -0.337 e. The molecule has 0 unspecified atom stereocenters. The van der Waals surface area contributed by atoms with Crippen LogP contribution in [0.25, 0.3) is 0 Å². The molecule has 1 amide bonds. The second-order valence-electron chi connectivity index (χ2n) is 3.94. The van der Waals surface area contributed by atoms with E-state index in [0.717, 1.165) is 24.1 Å². The first kappa shape index (κ1) is 10.2. The summed E-state index contributed by atoms with van der Waals surface area (Å²) in [6, 6.07) is 6.04. The van der Waals surface area contributed by atoms with Crippen molar-refractivity contribution in [2.24, 2.45) is 5.73 Å². The molecule has 1 aliphatic rings. The average molecular weight is 204 g/mol. The number of benzene rings is 1. The Labute approximate surface area is 89.9 Å². The highest BCUT2D eigenvalue weighted by atomic mass is 16.2. The van der Waals surface area contributed by atoms with Crippen LogP contribution in [-0.2, 0) is 6.42 Å². The van der Waals surface area contributed by atoms with Gasteiger partial charge in [-0.15, -0.1) is 0 Å². The Morgan fingerprint density at radius 2 is 2.27 bits per heavy atom. The number of nitrogens with two attached hydrogens (primary N) is 1. The molecule has 0 radical (unpaired) electrons. The molecule has 3 nitrogen and oxygen atoms in total. The second kappa shape index (κ2) is 4.03. The monoisotopic (exact) mass is 204 g/mol. The van der Waals surface area contributed by atoms with E-state index in [9.17, 15) is 4.79 Å². The van der Waals surface area contributed by atoms with Crippen molar-refractivity contribution in [3.8, 4) is 0 Å². The third kappa shape index (κ3) is 1.75. The summed E-state index contributed by atoms with van der Waals surface area (Å²) in [6.07, 6.45) is 0.947. The van der Waals surface area contributed by atoms with E-state index in [4.69, 9.17) is 5.73 Å². The van der Waals surface area contributed by atoms with Gasteiger partial charge in [-0.25, -0.2) is 0 Å². The molecule has 2 rings (SSSR count). The predicted octanol–water partition coefficient (Wildman–Crippen LogP) is 0.952. The molecule has 2 N–H and O–H groups in total. The lowest BCUT2D eigenvalue weighted by Gasteiger charge is -2.29. The number of amides is 1. The minimum atomic E-state index is 0.139. The smallest absolute Gasteiger partial charge is 0.254 e. The average Bonchev–Trinajstić information content (AvgIpc) is 2.22. The normalized spacial score (nSPS) is 15.3. The fourth-order valence-corrected chi connectivity index (χ4v) is 2.13. The zero-order valence-corrected chi connectivity index (χ0v) is 8.99. The topological polar surface area (TPSA) is 46.3 Å². The van der Waals surface area contributed by atoms with Gasteiger partial charge < -0.3 is 10.6 Å². The fourth-order valence-electron chi connectivity index (χ4n) is 2.13. The molecule has 1 aromatic rings. The Hall–Kier alpha value is -1.35. The lowest BCUT2D eigenvalue weighted by atomic mass is 9.95. The van der Waals surface area contributed by atoms with E-state index in [1.807, 2.05) is 30.0 Å². The van der Waals surface area contributed by atoms with Crippen molar-refractivity contribution in [3.05, 3.63) is 34.9 Å². The van der Waals surface area contributed by atoms with Crippen molar-refractivity contribution < 1.29 is 4.79 Å². The zero-order valence-electron chi connectivity index (χ0n) is 8.99. The number of carbonyl (C=O) groups excluding carboxylic acids is 1. The number of carbonyl (C=O) groups is 1. The first-order valence-corrected chi connectivity index (χ1v) is 5.32. The molecule has 80 valence electrons. The van der Waals surface area contributed by atoms with Crippen molar-refractivity contribution in [2.45, 2.75) is 13.3 Å². The molecular weight excluding hydrogens is 188 g/mol. The number of hydrogen-bond donors (Lipinski definition) is 1. The summed E-state index contributed by atoms with van der Waals surface area (Å²) in [5, 5.41) is 0. The molecule has 1 aliphatic heterocycles. The highest BCUT2D eigenvalue weighted by molar-refractivity contribution is 5.98. The van der Waals surface area contributed by atoms with Crippen LogP contribution in [0.2, 0.25) is 0 Å². The molecule has 0 aromatic heterocycles. The van der Waals surface area contributed by atoms with E-state index in [-0.39, 0.29) is 5.91 Å². The molecular formula is C12H16N2O. The van der Waals surface area contributed by atoms with Gasteiger partial charge in [0.05, 0.1) is 0 Å². The van der Waals surface area contributed by atoms with E-state index < -0.39 is 0 Å². The third-order valence-electron chi connectivity index (χ3n) is 2.91. The Bertz CT molecular complexity index is 387. The minimum absolute atomic E-state index is 0.139. The summed E-state index contributed by atoms with van der Waals surface area (Å²) in [7, 11) is 0. The van der Waals surface area contributed by atoms with Crippen molar-refractivity contribution in [1.29, 1.82) is 0 Å². The number of hydrogen-bond acceptors (Lipinski definition) is 2.